The number of rotatable bonds is 3. The molecule has 0 saturated carbocycles. The summed E-state index contributed by atoms with van der Waals surface area (Å²) in [5.74, 6) is -0.0190. The first kappa shape index (κ1) is 12.4. The molecule has 0 amide bonds. The molecule has 3 aromatic heterocycles. The molecule has 0 radical (unpaired) electrons. The first-order valence-corrected chi connectivity index (χ1v) is 6.51. The zero-order valence-electron chi connectivity index (χ0n) is 10.2. The highest BCUT2D eigenvalue weighted by molar-refractivity contribution is 7.99. The quantitative estimate of drug-likeness (QED) is 0.326. The lowest BCUT2D eigenvalue weighted by molar-refractivity contribution is 0.318. The van der Waals surface area contributed by atoms with Gasteiger partial charge in [0.05, 0.1) is 0 Å². The molecule has 100 valence electrons. The second-order valence-electron chi connectivity index (χ2n) is 3.88. The van der Waals surface area contributed by atoms with Crippen LogP contribution < -0.4 is 5.73 Å². The summed E-state index contributed by atoms with van der Waals surface area (Å²) in [6.07, 6.45) is 3.54. The molecule has 3 N–H and O–H groups in total. The minimum absolute atomic E-state index is 0.0190. The summed E-state index contributed by atoms with van der Waals surface area (Å²) in [5.41, 5.74) is 6.67. The Hall–Kier alpha value is -2.61. The number of oxime groups is 1. The fraction of sp³-hybridized carbons (Fsp3) is 0. The van der Waals surface area contributed by atoms with Gasteiger partial charge in [-0.05, 0) is 36.0 Å². The van der Waals surface area contributed by atoms with Gasteiger partial charge in [-0.2, -0.15) is 0 Å². The van der Waals surface area contributed by atoms with Crippen molar-refractivity contribution in [3.63, 3.8) is 0 Å². The molecule has 8 heteroatoms. The lowest BCUT2D eigenvalue weighted by Crippen LogP contribution is -2.14. The van der Waals surface area contributed by atoms with Crippen molar-refractivity contribution in [3.05, 3.63) is 48.4 Å². The number of aromatic nitrogens is 4. The van der Waals surface area contributed by atoms with Gasteiger partial charge in [-0.3, -0.25) is 9.38 Å². The van der Waals surface area contributed by atoms with Crippen LogP contribution in [0, 0.1) is 0 Å². The molecule has 0 aliphatic heterocycles. The molecule has 0 saturated heterocycles. The van der Waals surface area contributed by atoms with Crippen molar-refractivity contribution in [3.8, 4) is 0 Å². The molecule has 0 spiro atoms. The molecule has 0 aliphatic rings. The van der Waals surface area contributed by atoms with Crippen LogP contribution >= 0.6 is 11.8 Å². The Bertz CT molecular complexity index is 767. The summed E-state index contributed by atoms with van der Waals surface area (Å²) in [5, 5.41) is 20.4. The Morgan fingerprint density at radius 2 is 2.15 bits per heavy atom. The number of fused-ring (bicyclic) bond motifs is 1. The highest BCUT2D eigenvalue weighted by Crippen LogP contribution is 2.25. The van der Waals surface area contributed by atoms with Gasteiger partial charge in [-0.1, -0.05) is 11.2 Å². The van der Waals surface area contributed by atoms with Crippen LogP contribution in [-0.4, -0.2) is 30.6 Å². The molecule has 3 heterocycles. The largest absolute Gasteiger partial charge is 0.409 e. The van der Waals surface area contributed by atoms with Crippen LogP contribution in [0.3, 0.4) is 0 Å². The van der Waals surface area contributed by atoms with E-state index in [1.165, 1.54) is 11.8 Å². The third kappa shape index (κ3) is 2.28. The molecule has 3 rings (SSSR count). The Kier molecular flexibility index (Phi) is 3.21. The van der Waals surface area contributed by atoms with E-state index in [0.717, 1.165) is 15.7 Å². The molecule has 0 unspecified atom stereocenters. The summed E-state index contributed by atoms with van der Waals surface area (Å²) < 4.78 is 1.89. The van der Waals surface area contributed by atoms with E-state index in [9.17, 15) is 0 Å². The first-order chi connectivity index (χ1) is 9.78. The highest BCUT2D eigenvalue weighted by Gasteiger charge is 2.07. The maximum Gasteiger partial charge on any atom is 0.200 e. The zero-order valence-corrected chi connectivity index (χ0v) is 11.0. The van der Waals surface area contributed by atoms with Crippen LogP contribution in [0.1, 0.15) is 5.69 Å². The average Bonchev–Trinajstić information content (AvgIpc) is 2.91. The monoisotopic (exact) mass is 286 g/mol. The predicted octanol–water partition coefficient (Wildman–Crippen LogP) is 1.37. The van der Waals surface area contributed by atoms with E-state index in [-0.39, 0.29) is 5.84 Å². The Morgan fingerprint density at radius 3 is 2.90 bits per heavy atom. The fourth-order valence-electron chi connectivity index (χ4n) is 1.64. The van der Waals surface area contributed by atoms with Gasteiger partial charge >= 0.3 is 0 Å². The summed E-state index contributed by atoms with van der Waals surface area (Å²) in [7, 11) is 0. The third-order valence-corrected chi connectivity index (χ3v) is 3.54. The Morgan fingerprint density at radius 1 is 1.25 bits per heavy atom. The molecule has 0 fully saturated rings. The number of nitrogens with zero attached hydrogens (tertiary/aromatic N) is 5. The van der Waals surface area contributed by atoms with Crippen LogP contribution in [0.5, 0.6) is 0 Å². The standard InChI is InChI=1S/C12H10N6OS/c13-11(17-19)9-5-4-8(7-14-9)20-12-16-15-10-3-1-2-6-18(10)12/h1-7,19H,(H2,13,17). The van der Waals surface area contributed by atoms with Crippen LogP contribution in [0.25, 0.3) is 5.65 Å². The Balaban J connectivity index is 1.88. The first-order valence-electron chi connectivity index (χ1n) is 5.69. The van der Waals surface area contributed by atoms with Gasteiger partial charge in [0.1, 0.15) is 5.69 Å². The molecule has 0 aliphatic carbocycles. The van der Waals surface area contributed by atoms with Crippen LogP contribution in [-0.2, 0) is 0 Å². The van der Waals surface area contributed by atoms with E-state index >= 15 is 0 Å². The van der Waals surface area contributed by atoms with Crippen molar-refractivity contribution in [1.82, 2.24) is 19.6 Å². The number of hydrogen-bond acceptors (Lipinski definition) is 6. The topological polar surface area (TPSA) is 102 Å². The summed E-state index contributed by atoms with van der Waals surface area (Å²) in [6, 6.07) is 9.22. The summed E-state index contributed by atoms with van der Waals surface area (Å²) in [6.45, 7) is 0. The van der Waals surface area contributed by atoms with Crippen LogP contribution in [0.4, 0.5) is 0 Å². The molecule has 7 nitrogen and oxygen atoms in total. The molecule has 20 heavy (non-hydrogen) atoms. The molecule has 0 aromatic carbocycles. The van der Waals surface area contributed by atoms with Crippen molar-refractivity contribution in [1.29, 1.82) is 0 Å². The van der Waals surface area contributed by atoms with Crippen molar-refractivity contribution < 1.29 is 5.21 Å². The molecular formula is C12H10N6OS. The van der Waals surface area contributed by atoms with E-state index in [0.29, 0.717) is 5.69 Å². The van der Waals surface area contributed by atoms with Crippen LogP contribution in [0.15, 0.2) is 57.9 Å². The Labute approximate surface area is 118 Å². The highest BCUT2D eigenvalue weighted by atomic mass is 32.2. The third-order valence-electron chi connectivity index (χ3n) is 2.60. The smallest absolute Gasteiger partial charge is 0.200 e. The van der Waals surface area contributed by atoms with E-state index in [1.54, 1.807) is 12.3 Å². The number of pyridine rings is 2. The van der Waals surface area contributed by atoms with Crippen LogP contribution in [0.2, 0.25) is 0 Å². The second kappa shape index (κ2) is 5.17. The van der Waals surface area contributed by atoms with Gasteiger partial charge in [-0.15, -0.1) is 10.2 Å². The lowest BCUT2D eigenvalue weighted by Gasteiger charge is -2.01. The van der Waals surface area contributed by atoms with Crippen molar-refractivity contribution in [2.45, 2.75) is 10.1 Å². The SMILES string of the molecule is N/C(=N/O)c1ccc(Sc2nnc3ccccn23)cn1. The number of hydrogen-bond donors (Lipinski definition) is 2. The molecule has 0 bridgehead atoms. The second-order valence-corrected chi connectivity index (χ2v) is 4.92. The number of amidine groups is 1. The molecular weight excluding hydrogens is 276 g/mol. The van der Waals surface area contributed by atoms with E-state index in [1.807, 2.05) is 34.9 Å². The minimum atomic E-state index is -0.0190. The normalized spacial score (nSPS) is 11.9. The van der Waals surface area contributed by atoms with Crippen molar-refractivity contribution in [2.24, 2.45) is 10.9 Å². The van der Waals surface area contributed by atoms with Gasteiger partial charge in [-0.25, -0.2) is 0 Å². The lowest BCUT2D eigenvalue weighted by atomic mass is 10.3. The van der Waals surface area contributed by atoms with Gasteiger partial charge < -0.3 is 10.9 Å². The maximum atomic E-state index is 8.58. The fourth-order valence-corrected chi connectivity index (χ4v) is 2.42. The predicted molar refractivity (Wildman–Crippen MR) is 73.9 cm³/mol. The summed E-state index contributed by atoms with van der Waals surface area (Å²) >= 11 is 1.44. The van der Waals surface area contributed by atoms with Crippen molar-refractivity contribution >= 4 is 23.2 Å². The maximum absolute atomic E-state index is 8.58. The zero-order chi connectivity index (χ0) is 13.9. The van der Waals surface area contributed by atoms with E-state index in [2.05, 4.69) is 20.3 Å². The average molecular weight is 286 g/mol. The molecule has 3 aromatic rings. The van der Waals surface area contributed by atoms with Gasteiger partial charge in [0, 0.05) is 17.3 Å². The number of nitrogens with two attached hydrogens (primary N) is 1. The summed E-state index contributed by atoms with van der Waals surface area (Å²) in [4.78, 5) is 5.00. The van der Waals surface area contributed by atoms with Gasteiger partial charge in [0.15, 0.2) is 16.6 Å². The van der Waals surface area contributed by atoms with E-state index in [4.69, 9.17) is 10.9 Å². The minimum Gasteiger partial charge on any atom is -0.409 e. The van der Waals surface area contributed by atoms with Gasteiger partial charge in [0.2, 0.25) is 0 Å². The van der Waals surface area contributed by atoms with Gasteiger partial charge in [0.25, 0.3) is 0 Å². The molecule has 0 atom stereocenters. The van der Waals surface area contributed by atoms with Crippen molar-refractivity contribution in [2.75, 3.05) is 0 Å². The van der Waals surface area contributed by atoms with E-state index < -0.39 is 0 Å².